The molecule has 1 aromatic rings. The standard InChI is InChI=1S/C15H17NO6S/c1-20-11(17)7-9(14(18)21-2)16-13-12(15(19)22-3)8-5-4-6-10(8)23-13/h7,16H,4-6H2,1-3H3/b9-7-. The van der Waals surface area contributed by atoms with E-state index in [1.54, 1.807) is 0 Å². The summed E-state index contributed by atoms with van der Waals surface area (Å²) in [4.78, 5) is 36.4. The van der Waals surface area contributed by atoms with E-state index in [1.807, 2.05) is 0 Å². The van der Waals surface area contributed by atoms with Gasteiger partial charge in [0.05, 0.1) is 33.0 Å². The van der Waals surface area contributed by atoms with Gasteiger partial charge in [0.15, 0.2) is 0 Å². The van der Waals surface area contributed by atoms with E-state index in [-0.39, 0.29) is 5.70 Å². The molecular formula is C15H17NO6S. The van der Waals surface area contributed by atoms with Gasteiger partial charge in [0.2, 0.25) is 0 Å². The summed E-state index contributed by atoms with van der Waals surface area (Å²) >= 11 is 1.37. The first-order valence-electron chi connectivity index (χ1n) is 6.89. The zero-order valence-corrected chi connectivity index (χ0v) is 13.9. The first-order chi connectivity index (χ1) is 11.0. The molecule has 0 radical (unpaired) electrons. The van der Waals surface area contributed by atoms with Gasteiger partial charge in [0.25, 0.3) is 0 Å². The average molecular weight is 339 g/mol. The van der Waals surface area contributed by atoms with Crippen molar-refractivity contribution in [1.29, 1.82) is 0 Å². The fourth-order valence-electron chi connectivity index (χ4n) is 2.37. The third kappa shape index (κ3) is 3.53. The van der Waals surface area contributed by atoms with Gasteiger partial charge in [-0.15, -0.1) is 11.3 Å². The SMILES string of the molecule is COC(=O)/C=C(\Nc1sc2c(c1C(=O)OC)CCC2)C(=O)OC. The van der Waals surface area contributed by atoms with Crippen LogP contribution in [0.4, 0.5) is 5.00 Å². The molecule has 1 N–H and O–H groups in total. The summed E-state index contributed by atoms with van der Waals surface area (Å²) in [7, 11) is 3.70. The number of fused-ring (bicyclic) bond motifs is 1. The normalized spacial score (nSPS) is 13.3. The van der Waals surface area contributed by atoms with Crippen LogP contribution in [0.3, 0.4) is 0 Å². The molecule has 124 valence electrons. The summed E-state index contributed by atoms with van der Waals surface area (Å²) in [5.41, 5.74) is 1.24. The first kappa shape index (κ1) is 17.0. The predicted molar refractivity (Wildman–Crippen MR) is 83.4 cm³/mol. The van der Waals surface area contributed by atoms with Crippen LogP contribution >= 0.6 is 11.3 Å². The average Bonchev–Trinajstić information content (AvgIpc) is 3.12. The van der Waals surface area contributed by atoms with E-state index in [4.69, 9.17) is 4.74 Å². The van der Waals surface area contributed by atoms with E-state index in [1.165, 1.54) is 32.7 Å². The van der Waals surface area contributed by atoms with Crippen LogP contribution in [-0.4, -0.2) is 39.2 Å². The lowest BCUT2D eigenvalue weighted by molar-refractivity contribution is -0.138. The van der Waals surface area contributed by atoms with Gasteiger partial charge in [0, 0.05) is 4.88 Å². The van der Waals surface area contributed by atoms with E-state index in [0.29, 0.717) is 10.6 Å². The molecule has 0 atom stereocenters. The van der Waals surface area contributed by atoms with Crippen molar-refractivity contribution in [3.63, 3.8) is 0 Å². The van der Waals surface area contributed by atoms with Crippen LogP contribution in [0.2, 0.25) is 0 Å². The highest BCUT2D eigenvalue weighted by Gasteiger charge is 2.28. The minimum atomic E-state index is -0.736. The van der Waals surface area contributed by atoms with Gasteiger partial charge >= 0.3 is 17.9 Å². The highest BCUT2D eigenvalue weighted by atomic mass is 32.1. The Balaban J connectivity index is 2.41. The summed E-state index contributed by atoms with van der Waals surface area (Å²) in [5, 5.41) is 3.27. The highest BCUT2D eigenvalue weighted by Crippen LogP contribution is 2.40. The van der Waals surface area contributed by atoms with Gasteiger partial charge in [-0.05, 0) is 24.8 Å². The number of hydrogen-bond acceptors (Lipinski definition) is 8. The summed E-state index contributed by atoms with van der Waals surface area (Å²) in [5.74, 6) is -1.92. The largest absolute Gasteiger partial charge is 0.466 e. The molecule has 0 spiro atoms. The lowest BCUT2D eigenvalue weighted by atomic mass is 10.1. The summed E-state index contributed by atoms with van der Waals surface area (Å²) in [6.07, 6.45) is 3.62. The number of methoxy groups -OCH3 is 3. The van der Waals surface area contributed by atoms with E-state index in [9.17, 15) is 14.4 Å². The highest BCUT2D eigenvalue weighted by molar-refractivity contribution is 7.16. The molecule has 1 aliphatic rings. The third-order valence-electron chi connectivity index (χ3n) is 3.43. The zero-order valence-electron chi connectivity index (χ0n) is 13.1. The Hall–Kier alpha value is -2.35. The van der Waals surface area contributed by atoms with Crippen molar-refractivity contribution in [2.75, 3.05) is 26.6 Å². The molecule has 7 nitrogen and oxygen atoms in total. The number of hydrogen-bond donors (Lipinski definition) is 1. The summed E-state index contributed by atoms with van der Waals surface area (Å²) < 4.78 is 14.0. The van der Waals surface area contributed by atoms with Gasteiger partial charge in [-0.25, -0.2) is 14.4 Å². The van der Waals surface area contributed by atoms with Crippen LogP contribution in [0.15, 0.2) is 11.8 Å². The zero-order chi connectivity index (χ0) is 17.0. The minimum absolute atomic E-state index is 0.107. The van der Waals surface area contributed by atoms with E-state index < -0.39 is 17.9 Å². The number of rotatable bonds is 5. The smallest absolute Gasteiger partial charge is 0.354 e. The fraction of sp³-hybridized carbons (Fsp3) is 0.400. The number of anilines is 1. The Morgan fingerprint density at radius 1 is 1.09 bits per heavy atom. The summed E-state index contributed by atoms with van der Waals surface area (Å²) in [6, 6.07) is 0. The van der Waals surface area contributed by atoms with Crippen LogP contribution < -0.4 is 5.32 Å². The van der Waals surface area contributed by atoms with Crippen LogP contribution in [-0.2, 0) is 36.6 Å². The van der Waals surface area contributed by atoms with Crippen LogP contribution in [0.25, 0.3) is 0 Å². The number of nitrogens with one attached hydrogen (secondary N) is 1. The predicted octanol–water partition coefficient (Wildman–Crippen LogP) is 1.67. The van der Waals surface area contributed by atoms with Gasteiger partial charge in [-0.2, -0.15) is 0 Å². The maximum Gasteiger partial charge on any atom is 0.354 e. The van der Waals surface area contributed by atoms with Crippen molar-refractivity contribution >= 4 is 34.2 Å². The quantitative estimate of drug-likeness (QED) is 0.495. The molecule has 23 heavy (non-hydrogen) atoms. The molecule has 0 bridgehead atoms. The third-order valence-corrected chi connectivity index (χ3v) is 4.63. The maximum atomic E-state index is 12.1. The minimum Gasteiger partial charge on any atom is -0.466 e. The Morgan fingerprint density at radius 3 is 2.43 bits per heavy atom. The molecule has 0 amide bonds. The van der Waals surface area contributed by atoms with Gasteiger partial charge in [0.1, 0.15) is 10.7 Å². The van der Waals surface area contributed by atoms with Crippen LogP contribution in [0.5, 0.6) is 0 Å². The first-order valence-corrected chi connectivity index (χ1v) is 7.71. The molecule has 2 rings (SSSR count). The molecule has 0 unspecified atom stereocenters. The molecule has 0 aromatic carbocycles. The second-order valence-electron chi connectivity index (χ2n) is 4.75. The monoisotopic (exact) mass is 339 g/mol. The molecule has 0 aliphatic heterocycles. The van der Waals surface area contributed by atoms with Gasteiger partial charge < -0.3 is 19.5 Å². The molecule has 1 heterocycles. The Morgan fingerprint density at radius 2 is 1.83 bits per heavy atom. The number of carbonyl (C=O) groups is 3. The van der Waals surface area contributed by atoms with Gasteiger partial charge in [-0.1, -0.05) is 0 Å². The van der Waals surface area contributed by atoms with Crippen molar-refractivity contribution in [3.05, 3.63) is 27.8 Å². The van der Waals surface area contributed by atoms with Crippen molar-refractivity contribution in [1.82, 2.24) is 0 Å². The van der Waals surface area contributed by atoms with E-state index in [0.717, 1.165) is 35.8 Å². The van der Waals surface area contributed by atoms with Crippen molar-refractivity contribution in [3.8, 4) is 0 Å². The lowest BCUT2D eigenvalue weighted by Gasteiger charge is -2.10. The Labute approximate surface area is 137 Å². The lowest BCUT2D eigenvalue weighted by Crippen LogP contribution is -2.16. The number of aryl methyl sites for hydroxylation is 1. The molecule has 0 saturated carbocycles. The van der Waals surface area contributed by atoms with E-state index >= 15 is 0 Å². The fourth-order valence-corrected chi connectivity index (χ4v) is 3.66. The maximum absolute atomic E-state index is 12.1. The number of carbonyl (C=O) groups excluding carboxylic acids is 3. The van der Waals surface area contributed by atoms with Crippen molar-refractivity contribution in [2.45, 2.75) is 19.3 Å². The van der Waals surface area contributed by atoms with Crippen molar-refractivity contribution in [2.24, 2.45) is 0 Å². The van der Waals surface area contributed by atoms with Crippen LogP contribution in [0, 0.1) is 0 Å². The Kier molecular flexibility index (Phi) is 5.38. The number of ether oxygens (including phenoxy) is 3. The Bertz CT molecular complexity index is 676. The molecule has 0 saturated heterocycles. The molecule has 1 aliphatic carbocycles. The number of thiophene rings is 1. The number of esters is 3. The molecule has 0 fully saturated rings. The van der Waals surface area contributed by atoms with Gasteiger partial charge in [-0.3, -0.25) is 0 Å². The van der Waals surface area contributed by atoms with Crippen LogP contribution in [0.1, 0.15) is 27.2 Å². The second-order valence-corrected chi connectivity index (χ2v) is 5.86. The van der Waals surface area contributed by atoms with Crippen molar-refractivity contribution < 1.29 is 28.6 Å². The van der Waals surface area contributed by atoms with E-state index in [2.05, 4.69) is 14.8 Å². The second kappa shape index (κ2) is 7.28. The summed E-state index contributed by atoms with van der Waals surface area (Å²) in [6.45, 7) is 0. The molecule has 1 aromatic heterocycles. The molecule has 8 heteroatoms. The topological polar surface area (TPSA) is 90.9 Å². The molecular weight excluding hydrogens is 322 g/mol.